The summed E-state index contributed by atoms with van der Waals surface area (Å²) in [5.41, 5.74) is 4.44. The van der Waals surface area contributed by atoms with Gasteiger partial charge in [-0.1, -0.05) is 6.92 Å². The Morgan fingerprint density at radius 2 is 1.78 bits per heavy atom. The van der Waals surface area contributed by atoms with E-state index in [2.05, 4.69) is 26.5 Å². The number of rotatable bonds is 12. The third kappa shape index (κ3) is 7.54. The number of nitrogens with one attached hydrogen (secondary N) is 1. The van der Waals surface area contributed by atoms with E-state index in [0.717, 1.165) is 12.0 Å². The van der Waals surface area contributed by atoms with E-state index in [1.165, 1.54) is 18.3 Å². The van der Waals surface area contributed by atoms with Gasteiger partial charge < -0.3 is 14.2 Å². The number of benzene rings is 3. The van der Waals surface area contributed by atoms with E-state index in [9.17, 15) is 14.9 Å². The molecular formula is C26H26BrN3O6. The van der Waals surface area contributed by atoms with Crippen molar-refractivity contribution in [3.63, 3.8) is 0 Å². The van der Waals surface area contributed by atoms with Crippen LogP contribution >= 0.6 is 15.9 Å². The fourth-order valence-electron chi connectivity index (χ4n) is 3.09. The zero-order valence-corrected chi connectivity index (χ0v) is 21.5. The largest absolute Gasteiger partial charge is 0.494 e. The molecule has 0 fully saturated rings. The van der Waals surface area contributed by atoms with Gasteiger partial charge in [0.2, 0.25) is 0 Å². The Morgan fingerprint density at radius 1 is 1.06 bits per heavy atom. The van der Waals surface area contributed by atoms with E-state index in [4.69, 9.17) is 14.2 Å². The molecule has 188 valence electrons. The Bertz CT molecular complexity index is 1210. The highest BCUT2D eigenvalue weighted by molar-refractivity contribution is 9.10. The number of carbonyl (C=O) groups is 1. The van der Waals surface area contributed by atoms with Gasteiger partial charge >= 0.3 is 0 Å². The predicted molar refractivity (Wildman–Crippen MR) is 140 cm³/mol. The van der Waals surface area contributed by atoms with Gasteiger partial charge in [0.05, 0.1) is 28.8 Å². The minimum atomic E-state index is -0.448. The summed E-state index contributed by atoms with van der Waals surface area (Å²) in [4.78, 5) is 22.8. The number of ether oxygens (including phenoxy) is 3. The van der Waals surface area contributed by atoms with Gasteiger partial charge in [0.15, 0.2) is 11.5 Å². The summed E-state index contributed by atoms with van der Waals surface area (Å²) in [6.07, 6.45) is 2.41. The highest BCUT2D eigenvalue weighted by Gasteiger charge is 2.13. The van der Waals surface area contributed by atoms with E-state index in [-0.39, 0.29) is 18.2 Å². The number of nitrogens with zero attached hydrogens (tertiary/aromatic N) is 2. The predicted octanol–water partition coefficient (Wildman–Crippen LogP) is 5.89. The smallest absolute Gasteiger partial charge is 0.271 e. The molecule has 36 heavy (non-hydrogen) atoms. The lowest BCUT2D eigenvalue weighted by molar-refractivity contribution is -0.384. The summed E-state index contributed by atoms with van der Waals surface area (Å²) in [6, 6.07) is 16.5. The molecule has 0 radical (unpaired) electrons. The number of carbonyl (C=O) groups excluding carboxylic acids is 1. The van der Waals surface area contributed by atoms with Crippen molar-refractivity contribution in [2.75, 3.05) is 13.2 Å². The summed E-state index contributed by atoms with van der Waals surface area (Å²) in [6.45, 7) is 5.11. The number of hydrogen-bond donors (Lipinski definition) is 1. The molecular weight excluding hydrogens is 530 g/mol. The first-order chi connectivity index (χ1) is 17.4. The zero-order chi connectivity index (χ0) is 25.9. The van der Waals surface area contributed by atoms with Gasteiger partial charge in [-0.25, -0.2) is 5.43 Å². The third-order valence-electron chi connectivity index (χ3n) is 4.83. The van der Waals surface area contributed by atoms with E-state index in [0.29, 0.717) is 46.1 Å². The summed E-state index contributed by atoms with van der Waals surface area (Å²) in [5, 5.41) is 14.9. The molecule has 1 N–H and O–H groups in total. The molecule has 10 heteroatoms. The van der Waals surface area contributed by atoms with Crippen LogP contribution in [0.4, 0.5) is 5.69 Å². The van der Waals surface area contributed by atoms with E-state index in [1.54, 1.807) is 48.5 Å². The Balaban J connectivity index is 1.65. The van der Waals surface area contributed by atoms with Gasteiger partial charge in [0, 0.05) is 17.7 Å². The van der Waals surface area contributed by atoms with Crippen molar-refractivity contribution in [2.24, 2.45) is 5.10 Å². The van der Waals surface area contributed by atoms with Crippen molar-refractivity contribution in [2.45, 2.75) is 26.9 Å². The summed E-state index contributed by atoms with van der Waals surface area (Å²) < 4.78 is 17.8. The van der Waals surface area contributed by atoms with Crippen LogP contribution in [-0.4, -0.2) is 30.3 Å². The number of halogens is 1. The molecule has 0 aliphatic rings. The zero-order valence-electron chi connectivity index (χ0n) is 19.9. The molecule has 0 aliphatic carbocycles. The molecule has 0 heterocycles. The second kappa shape index (κ2) is 13.2. The van der Waals surface area contributed by atoms with Gasteiger partial charge in [0.1, 0.15) is 12.4 Å². The number of non-ortho nitro benzene ring substituents is 1. The van der Waals surface area contributed by atoms with Crippen LogP contribution in [0.15, 0.2) is 70.2 Å². The van der Waals surface area contributed by atoms with Gasteiger partial charge in [-0.2, -0.15) is 5.10 Å². The molecule has 0 unspecified atom stereocenters. The van der Waals surface area contributed by atoms with Crippen LogP contribution in [0.3, 0.4) is 0 Å². The van der Waals surface area contributed by atoms with Crippen LogP contribution in [0.5, 0.6) is 17.2 Å². The number of amides is 1. The Kier molecular flexibility index (Phi) is 9.82. The van der Waals surface area contributed by atoms with Crippen LogP contribution in [0.1, 0.15) is 41.8 Å². The molecule has 0 atom stereocenters. The average molecular weight is 556 g/mol. The van der Waals surface area contributed by atoms with E-state index in [1.807, 2.05) is 13.8 Å². The topological polar surface area (TPSA) is 112 Å². The molecule has 3 aromatic carbocycles. The Hall–Kier alpha value is -3.92. The van der Waals surface area contributed by atoms with Gasteiger partial charge in [-0.15, -0.1) is 0 Å². The van der Waals surface area contributed by atoms with Crippen molar-refractivity contribution in [1.29, 1.82) is 0 Å². The Morgan fingerprint density at radius 3 is 2.42 bits per heavy atom. The minimum absolute atomic E-state index is 0.0173. The molecule has 0 spiro atoms. The molecule has 1 amide bonds. The van der Waals surface area contributed by atoms with Crippen molar-refractivity contribution in [3.8, 4) is 17.2 Å². The third-order valence-corrected chi connectivity index (χ3v) is 5.42. The maximum absolute atomic E-state index is 12.4. The number of hydrazone groups is 1. The van der Waals surface area contributed by atoms with Crippen molar-refractivity contribution in [3.05, 3.63) is 91.9 Å². The lowest BCUT2D eigenvalue weighted by Gasteiger charge is -2.14. The SMILES string of the molecule is CCCOc1ccc(C(=O)N/N=C/c2cc(Br)c(OCc3ccc([N+](=O)[O-])cc3)c(OCC)c2)cc1. The van der Waals surface area contributed by atoms with Crippen LogP contribution in [0.25, 0.3) is 0 Å². The minimum Gasteiger partial charge on any atom is -0.494 e. The maximum atomic E-state index is 12.4. The van der Waals surface area contributed by atoms with Crippen molar-refractivity contribution in [1.82, 2.24) is 5.43 Å². The normalized spacial score (nSPS) is 10.8. The quantitative estimate of drug-likeness (QED) is 0.169. The first-order valence-electron chi connectivity index (χ1n) is 11.3. The molecule has 0 aliphatic heterocycles. The fourth-order valence-corrected chi connectivity index (χ4v) is 3.66. The molecule has 0 bridgehead atoms. The molecule has 3 aromatic rings. The first-order valence-corrected chi connectivity index (χ1v) is 12.1. The highest BCUT2D eigenvalue weighted by atomic mass is 79.9. The molecule has 0 saturated carbocycles. The van der Waals surface area contributed by atoms with Crippen molar-refractivity contribution >= 4 is 33.7 Å². The van der Waals surface area contributed by atoms with E-state index < -0.39 is 4.92 Å². The lowest BCUT2D eigenvalue weighted by atomic mass is 10.2. The van der Waals surface area contributed by atoms with Crippen LogP contribution in [-0.2, 0) is 6.61 Å². The Labute approximate surface area is 217 Å². The number of nitro groups is 1. The van der Waals surface area contributed by atoms with Crippen LogP contribution in [0, 0.1) is 10.1 Å². The standard InChI is InChI=1S/C26H26BrN3O6/c1-3-13-35-22-11-7-20(8-12-22)26(31)29-28-16-19-14-23(27)25(24(15-19)34-4-2)36-17-18-5-9-21(10-6-18)30(32)33/h5-12,14-16H,3-4,13,17H2,1-2H3,(H,29,31)/b28-16+. The second-order valence-corrected chi connectivity index (χ2v) is 8.40. The fraction of sp³-hybridized carbons (Fsp3) is 0.231. The first kappa shape index (κ1) is 26.7. The summed E-state index contributed by atoms with van der Waals surface area (Å²) in [7, 11) is 0. The van der Waals surface area contributed by atoms with Crippen molar-refractivity contribution < 1.29 is 23.9 Å². The number of nitro benzene ring substituents is 1. The van der Waals surface area contributed by atoms with Crippen LogP contribution in [0.2, 0.25) is 0 Å². The lowest BCUT2D eigenvalue weighted by Crippen LogP contribution is -2.17. The summed E-state index contributed by atoms with van der Waals surface area (Å²) >= 11 is 3.50. The van der Waals surface area contributed by atoms with Gasteiger partial charge in [0.25, 0.3) is 11.6 Å². The van der Waals surface area contributed by atoms with Gasteiger partial charge in [-0.3, -0.25) is 14.9 Å². The molecule has 3 rings (SSSR count). The maximum Gasteiger partial charge on any atom is 0.271 e. The molecule has 0 aromatic heterocycles. The summed E-state index contributed by atoms with van der Waals surface area (Å²) in [5.74, 6) is 1.34. The monoisotopic (exact) mass is 555 g/mol. The average Bonchev–Trinajstić information content (AvgIpc) is 2.87. The van der Waals surface area contributed by atoms with E-state index >= 15 is 0 Å². The number of hydrogen-bond acceptors (Lipinski definition) is 7. The second-order valence-electron chi connectivity index (χ2n) is 7.55. The molecule has 9 nitrogen and oxygen atoms in total. The van der Waals surface area contributed by atoms with Crippen LogP contribution < -0.4 is 19.6 Å². The highest BCUT2D eigenvalue weighted by Crippen LogP contribution is 2.37. The van der Waals surface area contributed by atoms with Gasteiger partial charge in [-0.05, 0) is 88.9 Å². The molecule has 0 saturated heterocycles.